The second-order valence-electron chi connectivity index (χ2n) is 4.83. The minimum atomic E-state index is 0.566. The van der Waals surface area contributed by atoms with E-state index in [1.54, 1.807) is 0 Å². The van der Waals surface area contributed by atoms with E-state index in [4.69, 9.17) is 16.6 Å². The fraction of sp³-hybridized carbons (Fsp3) is 0.400. The highest BCUT2D eigenvalue weighted by Crippen LogP contribution is 2.27. The molecule has 2 nitrogen and oxygen atoms in total. The van der Waals surface area contributed by atoms with Crippen LogP contribution in [-0.4, -0.2) is 23.5 Å². The van der Waals surface area contributed by atoms with Crippen LogP contribution in [0, 0.1) is 0 Å². The van der Waals surface area contributed by atoms with E-state index in [0.29, 0.717) is 6.04 Å². The molecule has 0 saturated carbocycles. The molecule has 0 aliphatic carbocycles. The smallest absolute Gasteiger partial charge is 0.129 e. The van der Waals surface area contributed by atoms with E-state index in [-0.39, 0.29) is 0 Å². The topological polar surface area (TPSA) is 16.1 Å². The number of hydrogen-bond acceptors (Lipinski definition) is 2. The van der Waals surface area contributed by atoms with Crippen LogP contribution >= 0.6 is 11.6 Å². The summed E-state index contributed by atoms with van der Waals surface area (Å²) >= 11 is 5.88. The Balaban J connectivity index is 1.93. The van der Waals surface area contributed by atoms with E-state index in [0.717, 1.165) is 30.2 Å². The quantitative estimate of drug-likeness (QED) is 0.780. The van der Waals surface area contributed by atoms with Crippen LogP contribution in [0.1, 0.15) is 19.3 Å². The third-order valence-corrected chi connectivity index (χ3v) is 3.92. The highest BCUT2D eigenvalue weighted by atomic mass is 35.5. The van der Waals surface area contributed by atoms with Gasteiger partial charge in [0.2, 0.25) is 0 Å². The number of alkyl halides is 1. The lowest BCUT2D eigenvalue weighted by atomic mass is 10.1. The van der Waals surface area contributed by atoms with Gasteiger partial charge in [-0.3, -0.25) is 0 Å². The maximum atomic E-state index is 5.88. The third-order valence-electron chi connectivity index (χ3n) is 3.70. The summed E-state index contributed by atoms with van der Waals surface area (Å²) in [5.41, 5.74) is 1.08. The van der Waals surface area contributed by atoms with Crippen LogP contribution < -0.4 is 4.90 Å². The SMILES string of the molecule is ClCCC1CCCN1c1ccc2ccccc2n1. The predicted molar refractivity (Wildman–Crippen MR) is 77.4 cm³/mol. The van der Waals surface area contributed by atoms with E-state index < -0.39 is 0 Å². The molecule has 1 atom stereocenters. The number of anilines is 1. The number of para-hydroxylation sites is 1. The first-order valence-corrected chi connectivity index (χ1v) is 7.10. The van der Waals surface area contributed by atoms with Crippen molar-refractivity contribution in [2.75, 3.05) is 17.3 Å². The van der Waals surface area contributed by atoms with Gasteiger partial charge in [-0.2, -0.15) is 0 Å². The highest BCUT2D eigenvalue weighted by Gasteiger charge is 2.24. The Morgan fingerprint density at radius 2 is 2.11 bits per heavy atom. The summed E-state index contributed by atoms with van der Waals surface area (Å²) in [5, 5.41) is 1.20. The molecule has 94 valence electrons. The summed E-state index contributed by atoms with van der Waals surface area (Å²) in [7, 11) is 0. The van der Waals surface area contributed by atoms with Crippen LogP contribution in [0.5, 0.6) is 0 Å². The number of aromatic nitrogens is 1. The number of pyridine rings is 1. The monoisotopic (exact) mass is 260 g/mol. The van der Waals surface area contributed by atoms with E-state index in [2.05, 4.69) is 35.2 Å². The number of rotatable bonds is 3. The molecule has 1 saturated heterocycles. The molecule has 2 aromatic rings. The fourth-order valence-corrected chi connectivity index (χ4v) is 3.03. The van der Waals surface area contributed by atoms with Crippen molar-refractivity contribution < 1.29 is 0 Å². The van der Waals surface area contributed by atoms with Crippen LogP contribution in [-0.2, 0) is 0 Å². The number of nitrogens with zero attached hydrogens (tertiary/aromatic N) is 2. The van der Waals surface area contributed by atoms with Gasteiger partial charge in [-0.1, -0.05) is 18.2 Å². The van der Waals surface area contributed by atoms with Gasteiger partial charge < -0.3 is 4.90 Å². The first-order valence-electron chi connectivity index (χ1n) is 6.57. The van der Waals surface area contributed by atoms with E-state index in [1.807, 2.05) is 6.07 Å². The molecule has 0 radical (unpaired) electrons. The lowest BCUT2D eigenvalue weighted by Gasteiger charge is -2.25. The maximum absolute atomic E-state index is 5.88. The van der Waals surface area contributed by atoms with Gasteiger partial charge in [0.05, 0.1) is 5.52 Å². The van der Waals surface area contributed by atoms with E-state index in [9.17, 15) is 0 Å². The van der Waals surface area contributed by atoms with Crippen molar-refractivity contribution in [2.24, 2.45) is 0 Å². The second-order valence-corrected chi connectivity index (χ2v) is 5.21. The summed E-state index contributed by atoms with van der Waals surface area (Å²) in [6, 6.07) is 13.1. The minimum Gasteiger partial charge on any atom is -0.354 e. The standard InChI is InChI=1S/C15H17ClN2/c16-10-9-13-5-3-11-18(13)15-8-7-12-4-1-2-6-14(12)17-15/h1-2,4,6-8,13H,3,5,9-11H2. The zero-order valence-corrected chi connectivity index (χ0v) is 11.1. The zero-order valence-electron chi connectivity index (χ0n) is 10.3. The van der Waals surface area contributed by atoms with Crippen molar-refractivity contribution in [3.63, 3.8) is 0 Å². The van der Waals surface area contributed by atoms with Crippen molar-refractivity contribution in [3.05, 3.63) is 36.4 Å². The Morgan fingerprint density at radius 1 is 1.22 bits per heavy atom. The normalized spacial score (nSPS) is 19.6. The summed E-state index contributed by atoms with van der Waals surface area (Å²) in [5.74, 6) is 1.83. The average molecular weight is 261 g/mol. The van der Waals surface area contributed by atoms with Gasteiger partial charge in [0, 0.05) is 23.9 Å². The van der Waals surface area contributed by atoms with Crippen LogP contribution in [0.2, 0.25) is 0 Å². The van der Waals surface area contributed by atoms with Crippen molar-refractivity contribution in [3.8, 4) is 0 Å². The fourth-order valence-electron chi connectivity index (χ4n) is 2.78. The summed E-state index contributed by atoms with van der Waals surface area (Å²) in [4.78, 5) is 7.18. The molecule has 1 unspecified atom stereocenters. The number of benzene rings is 1. The lowest BCUT2D eigenvalue weighted by molar-refractivity contribution is 0.644. The molecular weight excluding hydrogens is 244 g/mol. The molecule has 1 aromatic carbocycles. The molecule has 0 bridgehead atoms. The van der Waals surface area contributed by atoms with Crippen LogP contribution in [0.3, 0.4) is 0 Å². The maximum Gasteiger partial charge on any atom is 0.129 e. The largest absolute Gasteiger partial charge is 0.354 e. The molecule has 18 heavy (non-hydrogen) atoms. The van der Waals surface area contributed by atoms with Crippen molar-refractivity contribution in [1.82, 2.24) is 4.98 Å². The number of halogens is 1. The van der Waals surface area contributed by atoms with Crippen molar-refractivity contribution in [1.29, 1.82) is 0 Å². The Morgan fingerprint density at radius 3 is 3.00 bits per heavy atom. The van der Waals surface area contributed by atoms with Gasteiger partial charge in [-0.05, 0) is 37.5 Å². The van der Waals surface area contributed by atoms with Crippen molar-refractivity contribution in [2.45, 2.75) is 25.3 Å². The third kappa shape index (κ3) is 2.17. The van der Waals surface area contributed by atoms with Crippen LogP contribution in [0.15, 0.2) is 36.4 Å². The minimum absolute atomic E-state index is 0.566. The summed E-state index contributed by atoms with van der Waals surface area (Å²) < 4.78 is 0. The van der Waals surface area contributed by atoms with Crippen molar-refractivity contribution >= 4 is 28.3 Å². The van der Waals surface area contributed by atoms with E-state index >= 15 is 0 Å². The van der Waals surface area contributed by atoms with Gasteiger partial charge in [-0.25, -0.2) is 4.98 Å². The predicted octanol–water partition coefficient (Wildman–Crippen LogP) is 3.83. The Hall–Kier alpha value is -1.28. The lowest BCUT2D eigenvalue weighted by Crippen LogP contribution is -2.30. The van der Waals surface area contributed by atoms with Gasteiger partial charge in [0.25, 0.3) is 0 Å². The summed E-state index contributed by atoms with van der Waals surface area (Å²) in [6.07, 6.45) is 3.54. The first-order chi connectivity index (χ1) is 8.88. The number of hydrogen-bond donors (Lipinski definition) is 0. The second kappa shape index (κ2) is 5.15. The Kier molecular flexibility index (Phi) is 3.37. The van der Waals surface area contributed by atoms with E-state index in [1.165, 1.54) is 18.2 Å². The molecule has 1 aliphatic rings. The molecule has 1 aliphatic heterocycles. The molecule has 0 N–H and O–H groups in total. The molecule has 1 aromatic heterocycles. The Bertz CT molecular complexity index is 541. The molecule has 0 spiro atoms. The summed E-state index contributed by atoms with van der Waals surface area (Å²) in [6.45, 7) is 1.10. The van der Waals surface area contributed by atoms with Gasteiger partial charge in [0.15, 0.2) is 0 Å². The van der Waals surface area contributed by atoms with Crippen LogP contribution in [0.25, 0.3) is 10.9 Å². The molecule has 3 rings (SSSR count). The number of fused-ring (bicyclic) bond motifs is 1. The molecule has 0 amide bonds. The molecule has 2 heterocycles. The van der Waals surface area contributed by atoms with Crippen LogP contribution in [0.4, 0.5) is 5.82 Å². The zero-order chi connectivity index (χ0) is 12.4. The van der Waals surface area contributed by atoms with Gasteiger partial charge in [-0.15, -0.1) is 11.6 Å². The average Bonchev–Trinajstić information content (AvgIpc) is 2.87. The first kappa shape index (κ1) is 11.8. The van der Waals surface area contributed by atoms with Gasteiger partial charge in [0.1, 0.15) is 5.82 Å². The Labute approximate surface area is 113 Å². The molecule has 1 fully saturated rings. The molecular formula is C15H17ClN2. The molecule has 3 heteroatoms. The van der Waals surface area contributed by atoms with Gasteiger partial charge >= 0.3 is 0 Å². The highest BCUT2D eigenvalue weighted by molar-refractivity contribution is 6.17.